The van der Waals surface area contributed by atoms with Crippen molar-refractivity contribution in [2.24, 2.45) is 0 Å². The summed E-state index contributed by atoms with van der Waals surface area (Å²) in [5.74, 6) is -0.478. The highest BCUT2D eigenvalue weighted by atomic mass is 35.5. The first-order chi connectivity index (χ1) is 23.5. The zero-order valence-corrected chi connectivity index (χ0v) is 29.0. The summed E-state index contributed by atoms with van der Waals surface area (Å²) in [6.45, 7) is 6.57. The van der Waals surface area contributed by atoms with Crippen LogP contribution in [-0.4, -0.2) is 78.3 Å². The van der Waals surface area contributed by atoms with Crippen molar-refractivity contribution in [3.05, 3.63) is 83.0 Å². The van der Waals surface area contributed by atoms with Crippen molar-refractivity contribution in [2.75, 3.05) is 62.2 Å². The number of hydrogen-bond acceptors (Lipinski definition) is 11. The van der Waals surface area contributed by atoms with E-state index in [4.69, 9.17) is 16.3 Å². The van der Waals surface area contributed by atoms with Gasteiger partial charge in [0.05, 0.1) is 30.6 Å². The Morgan fingerprint density at radius 3 is 2.53 bits per heavy atom. The number of halogens is 2. The number of ether oxygens (including phenoxy) is 1. The van der Waals surface area contributed by atoms with Gasteiger partial charge in [-0.25, -0.2) is 9.97 Å². The second kappa shape index (κ2) is 14.5. The summed E-state index contributed by atoms with van der Waals surface area (Å²) in [5, 5.41) is 9.78. The lowest BCUT2D eigenvalue weighted by molar-refractivity contribution is -0.134. The molecule has 2 aliphatic rings. The number of benzene rings is 2. The average Bonchev–Trinajstić information content (AvgIpc) is 3.08. The molecule has 49 heavy (non-hydrogen) atoms. The van der Waals surface area contributed by atoms with Crippen LogP contribution in [0.4, 0.5) is 33.2 Å². The minimum Gasteiger partial charge on any atom is -0.494 e. The van der Waals surface area contributed by atoms with E-state index in [1.807, 2.05) is 42.5 Å². The molecule has 3 N–H and O–H groups in total. The van der Waals surface area contributed by atoms with Gasteiger partial charge < -0.3 is 24.8 Å². The van der Waals surface area contributed by atoms with Gasteiger partial charge in [0.25, 0.3) is 0 Å². The molecule has 0 spiro atoms. The number of para-hydroxylation sites is 1. The summed E-state index contributed by atoms with van der Waals surface area (Å²) in [7, 11) is -0.969. The van der Waals surface area contributed by atoms with Gasteiger partial charge in [0.1, 0.15) is 17.9 Å². The molecule has 0 bridgehead atoms. The molecule has 0 saturated carbocycles. The van der Waals surface area contributed by atoms with E-state index < -0.39 is 19.0 Å². The Hall–Kier alpha value is -4.58. The number of amides is 2. The third-order valence-electron chi connectivity index (χ3n) is 8.62. The molecule has 2 aromatic heterocycles. The largest absolute Gasteiger partial charge is 0.494 e. The Morgan fingerprint density at radius 2 is 1.80 bits per heavy atom. The van der Waals surface area contributed by atoms with Crippen LogP contribution < -0.4 is 30.9 Å². The lowest BCUT2D eigenvalue weighted by atomic mass is 9.91. The van der Waals surface area contributed by atoms with Crippen LogP contribution in [0.2, 0.25) is 5.02 Å². The summed E-state index contributed by atoms with van der Waals surface area (Å²) < 4.78 is 33.3. The molecule has 2 saturated heterocycles. The maximum Gasteiger partial charge on any atom is 0.234 e. The van der Waals surface area contributed by atoms with Gasteiger partial charge in [0, 0.05) is 68.0 Å². The van der Waals surface area contributed by atoms with Crippen molar-refractivity contribution < 1.29 is 23.3 Å². The number of pyridine rings is 1. The first kappa shape index (κ1) is 34.3. The quantitative estimate of drug-likeness (QED) is 0.113. The van der Waals surface area contributed by atoms with E-state index in [1.165, 1.54) is 12.4 Å². The molecule has 2 amide bonds. The van der Waals surface area contributed by atoms with E-state index >= 15 is 0 Å². The number of carbonyl (C=O) groups is 2. The summed E-state index contributed by atoms with van der Waals surface area (Å²) >= 11 is 6.43. The summed E-state index contributed by atoms with van der Waals surface area (Å²) in [6, 6.07) is 14.9. The molecule has 1 atom stereocenters. The summed E-state index contributed by atoms with van der Waals surface area (Å²) in [6.07, 6.45) is 3.51. The molecule has 2 aliphatic heterocycles. The Kier molecular flexibility index (Phi) is 10.1. The number of imide groups is 1. The number of anilines is 5. The predicted molar refractivity (Wildman–Crippen MR) is 189 cm³/mol. The Morgan fingerprint density at radius 1 is 1.02 bits per heavy atom. The van der Waals surface area contributed by atoms with Crippen molar-refractivity contribution in [3.63, 3.8) is 0 Å². The summed E-state index contributed by atoms with van der Waals surface area (Å²) in [4.78, 5) is 41.1. The number of hydrogen-bond donors (Lipinski definition) is 3. The van der Waals surface area contributed by atoms with Crippen LogP contribution in [0.15, 0.2) is 60.9 Å². The van der Waals surface area contributed by atoms with Crippen LogP contribution in [0.5, 0.6) is 5.75 Å². The van der Waals surface area contributed by atoms with Crippen LogP contribution in [0.3, 0.4) is 0 Å². The normalized spacial score (nSPS) is 17.1. The fourth-order valence-electron chi connectivity index (χ4n) is 6.02. The fraction of sp³-hybridized carbons (Fsp3) is 0.324. The van der Waals surface area contributed by atoms with Crippen molar-refractivity contribution in [3.8, 4) is 5.75 Å². The van der Waals surface area contributed by atoms with Crippen molar-refractivity contribution >= 4 is 64.7 Å². The van der Waals surface area contributed by atoms with Crippen molar-refractivity contribution in [1.29, 1.82) is 0 Å². The molecule has 0 aliphatic carbocycles. The van der Waals surface area contributed by atoms with Gasteiger partial charge in [-0.15, -0.1) is 0 Å². The predicted octanol–water partition coefficient (Wildman–Crippen LogP) is 5.25. The maximum absolute atomic E-state index is 14.7. The standard InChI is InChI=1S/C34H37ClFN8O4P/c1-48-28-17-23(8-10-26(28)40-34-38-19-25(35)32(42-34)39-27-6-4-5-7-29(27)49(2,3)47)44-14-12-43(13-15-44)20-22-16-21(18-37-31(22)36)24-9-11-30(45)41-33(24)46/h4-8,10,16-19,24H,9,11-15,20H2,1-3H3,(H,41,45,46)(H2,38,39,40,42). The first-order valence-corrected chi connectivity index (χ1v) is 18.8. The molecule has 4 heterocycles. The third kappa shape index (κ3) is 8.01. The van der Waals surface area contributed by atoms with E-state index in [2.05, 4.69) is 40.7 Å². The molecule has 4 aromatic rings. The second-order valence-electron chi connectivity index (χ2n) is 12.4. The van der Waals surface area contributed by atoms with Crippen molar-refractivity contribution in [1.82, 2.24) is 25.2 Å². The molecule has 12 nitrogen and oxygen atoms in total. The number of piperazine rings is 1. The van der Waals surface area contributed by atoms with E-state index in [9.17, 15) is 18.5 Å². The molecular weight excluding hydrogens is 670 g/mol. The fourth-order valence-corrected chi connectivity index (χ4v) is 7.32. The number of aromatic nitrogens is 3. The molecule has 1 unspecified atom stereocenters. The molecule has 2 fully saturated rings. The monoisotopic (exact) mass is 706 g/mol. The van der Waals surface area contributed by atoms with Crippen LogP contribution in [0.1, 0.15) is 29.9 Å². The Balaban J connectivity index is 1.10. The first-order valence-electron chi connectivity index (χ1n) is 15.8. The average molecular weight is 707 g/mol. The van der Waals surface area contributed by atoms with E-state index in [0.717, 1.165) is 5.69 Å². The zero-order chi connectivity index (χ0) is 34.7. The van der Waals surface area contributed by atoms with Gasteiger partial charge in [-0.1, -0.05) is 23.7 Å². The highest BCUT2D eigenvalue weighted by Crippen LogP contribution is 2.39. The van der Waals surface area contributed by atoms with Gasteiger partial charge >= 0.3 is 0 Å². The Labute approximate surface area is 288 Å². The number of rotatable bonds is 10. The molecule has 2 aromatic carbocycles. The number of nitrogens with one attached hydrogen (secondary N) is 3. The van der Waals surface area contributed by atoms with Crippen molar-refractivity contribution in [2.45, 2.75) is 25.3 Å². The lowest BCUT2D eigenvalue weighted by Crippen LogP contribution is -2.46. The van der Waals surface area contributed by atoms with Crippen LogP contribution in [0, 0.1) is 5.95 Å². The smallest absolute Gasteiger partial charge is 0.234 e. The van der Waals surface area contributed by atoms with Crippen LogP contribution in [0.25, 0.3) is 0 Å². The number of carbonyl (C=O) groups excluding carboxylic acids is 2. The van der Waals surface area contributed by atoms with E-state index in [0.29, 0.717) is 89.5 Å². The van der Waals surface area contributed by atoms with Crippen LogP contribution in [-0.2, 0) is 20.7 Å². The SMILES string of the molecule is COc1cc(N2CCN(Cc3cc(C4CCC(=O)NC4=O)cnc3F)CC2)ccc1Nc1ncc(Cl)c(Nc2ccccc2P(C)(C)=O)n1. The highest BCUT2D eigenvalue weighted by Gasteiger charge is 2.29. The molecule has 0 radical (unpaired) electrons. The molecule has 6 rings (SSSR count). The number of nitrogens with zero attached hydrogens (tertiary/aromatic N) is 5. The van der Waals surface area contributed by atoms with Crippen LogP contribution >= 0.6 is 18.7 Å². The molecule has 256 valence electrons. The third-order valence-corrected chi connectivity index (χ3v) is 10.4. The van der Waals surface area contributed by atoms with Gasteiger partial charge in [-0.2, -0.15) is 9.37 Å². The topological polar surface area (TPSA) is 142 Å². The number of piperidine rings is 1. The number of methoxy groups -OCH3 is 1. The summed E-state index contributed by atoms with van der Waals surface area (Å²) in [5.41, 5.74) is 3.33. The highest BCUT2D eigenvalue weighted by molar-refractivity contribution is 7.70. The minimum absolute atomic E-state index is 0.250. The zero-order valence-electron chi connectivity index (χ0n) is 27.4. The maximum atomic E-state index is 14.7. The Bertz CT molecular complexity index is 1930. The van der Waals surface area contributed by atoms with Gasteiger partial charge in [-0.05, 0) is 55.6 Å². The van der Waals surface area contributed by atoms with Gasteiger partial charge in [0.15, 0.2) is 5.82 Å². The van der Waals surface area contributed by atoms with E-state index in [1.54, 1.807) is 26.5 Å². The van der Waals surface area contributed by atoms with E-state index in [-0.39, 0.29) is 18.2 Å². The lowest BCUT2D eigenvalue weighted by Gasteiger charge is -2.36. The molecule has 15 heteroatoms. The minimum atomic E-state index is -2.56. The van der Waals surface area contributed by atoms with Gasteiger partial charge in [0.2, 0.25) is 23.7 Å². The molecular formula is C34H37ClFN8O4P. The van der Waals surface area contributed by atoms with Gasteiger partial charge in [-0.3, -0.25) is 19.8 Å². The second-order valence-corrected chi connectivity index (χ2v) is 16.0.